The Hall–Kier alpha value is -6.18. The van der Waals surface area contributed by atoms with Crippen molar-refractivity contribution in [2.45, 2.75) is 19.3 Å². The lowest BCUT2D eigenvalue weighted by atomic mass is 9.80. The summed E-state index contributed by atoms with van der Waals surface area (Å²) in [5, 5.41) is 2.56. The van der Waals surface area contributed by atoms with Crippen LogP contribution in [0.1, 0.15) is 25.0 Å². The summed E-state index contributed by atoms with van der Waals surface area (Å²) >= 11 is 0. The van der Waals surface area contributed by atoms with Gasteiger partial charge in [-0.1, -0.05) is 166 Å². The zero-order chi connectivity index (χ0) is 33.7. The van der Waals surface area contributed by atoms with Gasteiger partial charge in [-0.05, 0) is 97.2 Å². The Labute approximate surface area is 294 Å². The van der Waals surface area contributed by atoms with E-state index < -0.39 is 0 Å². The number of anilines is 3. The fourth-order valence-corrected chi connectivity index (χ4v) is 8.14. The molecule has 0 aromatic heterocycles. The Kier molecular flexibility index (Phi) is 7.21. The van der Waals surface area contributed by atoms with Gasteiger partial charge >= 0.3 is 0 Å². The van der Waals surface area contributed by atoms with E-state index in [9.17, 15) is 0 Å². The highest BCUT2D eigenvalue weighted by atomic mass is 15.1. The molecule has 0 bridgehead atoms. The highest BCUT2D eigenvalue weighted by Crippen LogP contribution is 2.56. The first-order valence-electron chi connectivity index (χ1n) is 17.5. The molecule has 0 radical (unpaired) electrons. The smallest absolute Gasteiger partial charge is 0.0540 e. The molecule has 0 saturated heterocycles. The van der Waals surface area contributed by atoms with E-state index in [1.807, 2.05) is 0 Å². The van der Waals surface area contributed by atoms with Gasteiger partial charge in [0.1, 0.15) is 0 Å². The van der Waals surface area contributed by atoms with Gasteiger partial charge in [0.05, 0.1) is 11.4 Å². The second kappa shape index (κ2) is 12.1. The van der Waals surface area contributed by atoms with Gasteiger partial charge in [-0.25, -0.2) is 0 Å². The van der Waals surface area contributed by atoms with Crippen LogP contribution < -0.4 is 4.90 Å². The SMILES string of the molecule is CC1(C)c2cc3ccccc3cc2-c2cccc(N(c3ccccc3)c3ccccc3-c3ccccc3-c3ccccc3-c3ccccc3)c21. The van der Waals surface area contributed by atoms with Crippen molar-refractivity contribution < 1.29 is 0 Å². The van der Waals surface area contributed by atoms with Gasteiger partial charge in [0.15, 0.2) is 0 Å². The molecule has 0 atom stereocenters. The van der Waals surface area contributed by atoms with E-state index in [1.165, 1.54) is 72.1 Å². The highest BCUT2D eigenvalue weighted by Gasteiger charge is 2.39. The van der Waals surface area contributed by atoms with Gasteiger partial charge in [-0.3, -0.25) is 0 Å². The van der Waals surface area contributed by atoms with Crippen LogP contribution in [-0.4, -0.2) is 0 Å². The first-order chi connectivity index (χ1) is 24.6. The first kappa shape index (κ1) is 29.9. The maximum Gasteiger partial charge on any atom is 0.0540 e. The van der Waals surface area contributed by atoms with Crippen molar-refractivity contribution in [1.82, 2.24) is 0 Å². The Morgan fingerprint density at radius 3 is 1.54 bits per heavy atom. The van der Waals surface area contributed by atoms with Crippen LogP contribution in [0.4, 0.5) is 17.1 Å². The molecule has 0 aliphatic heterocycles. The molecular weight excluding hydrogens is 603 g/mol. The minimum Gasteiger partial charge on any atom is -0.310 e. The van der Waals surface area contributed by atoms with Crippen LogP contribution in [0.2, 0.25) is 0 Å². The zero-order valence-corrected chi connectivity index (χ0v) is 28.3. The molecule has 0 spiro atoms. The Morgan fingerprint density at radius 2 is 0.840 bits per heavy atom. The summed E-state index contributed by atoms with van der Waals surface area (Å²) in [6, 6.07) is 68.5. The Bertz CT molecular complexity index is 2510. The van der Waals surface area contributed by atoms with E-state index >= 15 is 0 Å². The van der Waals surface area contributed by atoms with E-state index in [1.54, 1.807) is 0 Å². The number of rotatable bonds is 6. The van der Waals surface area contributed by atoms with Gasteiger partial charge in [0.25, 0.3) is 0 Å². The molecule has 1 nitrogen and oxygen atoms in total. The molecule has 0 amide bonds. The molecule has 1 aliphatic rings. The Balaban J connectivity index is 1.28. The summed E-state index contributed by atoms with van der Waals surface area (Å²) in [6.07, 6.45) is 0. The lowest BCUT2D eigenvalue weighted by Crippen LogP contribution is -2.21. The number of hydrogen-bond donors (Lipinski definition) is 0. The van der Waals surface area contributed by atoms with E-state index in [-0.39, 0.29) is 5.41 Å². The van der Waals surface area contributed by atoms with Gasteiger partial charge in [-0.2, -0.15) is 0 Å². The summed E-state index contributed by atoms with van der Waals surface area (Å²) < 4.78 is 0. The zero-order valence-electron chi connectivity index (χ0n) is 28.3. The predicted octanol–water partition coefficient (Wildman–Crippen LogP) is 13.6. The number of hydrogen-bond acceptors (Lipinski definition) is 1. The molecular formula is C49H37N. The molecule has 8 aromatic rings. The second-order valence-electron chi connectivity index (χ2n) is 13.7. The second-order valence-corrected chi connectivity index (χ2v) is 13.7. The van der Waals surface area contributed by atoms with Crippen LogP contribution in [-0.2, 0) is 5.41 Å². The van der Waals surface area contributed by atoms with E-state index in [4.69, 9.17) is 0 Å². The minimum absolute atomic E-state index is 0.209. The largest absolute Gasteiger partial charge is 0.310 e. The topological polar surface area (TPSA) is 3.24 Å². The van der Waals surface area contributed by atoms with Crippen molar-refractivity contribution in [2.75, 3.05) is 4.90 Å². The molecule has 0 heterocycles. The maximum atomic E-state index is 2.49. The third-order valence-electron chi connectivity index (χ3n) is 10.4. The van der Waals surface area contributed by atoms with Crippen molar-refractivity contribution in [3.8, 4) is 44.5 Å². The van der Waals surface area contributed by atoms with Crippen LogP contribution in [0.5, 0.6) is 0 Å². The number of benzene rings is 8. The van der Waals surface area contributed by atoms with Crippen molar-refractivity contribution in [2.24, 2.45) is 0 Å². The molecule has 0 saturated carbocycles. The standard InChI is InChI=1S/C49H37N/c1-49(2)45-33-36-21-10-9-20-35(36)32-44(45)43-29-17-31-47(48(43)49)50(37-22-7-4-8-23-37)46-30-16-15-28-42(46)41-27-14-13-26-40(41)39-25-12-11-24-38(39)34-18-5-3-6-19-34/h3-33H,1-2H3. The average Bonchev–Trinajstić information content (AvgIpc) is 3.40. The molecule has 8 aromatic carbocycles. The Morgan fingerprint density at radius 1 is 0.360 bits per heavy atom. The number of para-hydroxylation sites is 2. The predicted molar refractivity (Wildman–Crippen MR) is 213 cm³/mol. The van der Waals surface area contributed by atoms with Crippen LogP contribution in [0.3, 0.4) is 0 Å². The third kappa shape index (κ3) is 4.85. The minimum atomic E-state index is -0.209. The summed E-state index contributed by atoms with van der Waals surface area (Å²) in [7, 11) is 0. The normalized spacial score (nSPS) is 12.8. The van der Waals surface area contributed by atoms with Crippen molar-refractivity contribution in [3.63, 3.8) is 0 Å². The van der Waals surface area contributed by atoms with Crippen molar-refractivity contribution in [3.05, 3.63) is 199 Å². The summed E-state index contributed by atoms with van der Waals surface area (Å²) in [5.74, 6) is 0. The molecule has 1 heteroatoms. The van der Waals surface area contributed by atoms with Gasteiger partial charge in [0, 0.05) is 16.7 Å². The molecule has 9 rings (SSSR count). The molecule has 1 aliphatic carbocycles. The van der Waals surface area contributed by atoms with Gasteiger partial charge in [-0.15, -0.1) is 0 Å². The van der Waals surface area contributed by atoms with E-state index in [2.05, 4.69) is 207 Å². The monoisotopic (exact) mass is 639 g/mol. The lowest BCUT2D eigenvalue weighted by molar-refractivity contribution is 0.661. The quantitative estimate of drug-likeness (QED) is 0.175. The van der Waals surface area contributed by atoms with Crippen molar-refractivity contribution >= 4 is 27.8 Å². The molecule has 50 heavy (non-hydrogen) atoms. The number of nitrogens with zero attached hydrogens (tertiary/aromatic N) is 1. The number of fused-ring (bicyclic) bond motifs is 4. The first-order valence-corrected chi connectivity index (χ1v) is 17.5. The van der Waals surface area contributed by atoms with E-state index in [0.717, 1.165) is 11.4 Å². The van der Waals surface area contributed by atoms with Crippen LogP contribution in [0.25, 0.3) is 55.3 Å². The van der Waals surface area contributed by atoms with Gasteiger partial charge in [0.2, 0.25) is 0 Å². The summed E-state index contributed by atoms with van der Waals surface area (Å²) in [5.41, 5.74) is 15.9. The summed E-state index contributed by atoms with van der Waals surface area (Å²) in [6.45, 7) is 4.78. The fraction of sp³-hybridized carbons (Fsp3) is 0.0612. The lowest BCUT2D eigenvalue weighted by Gasteiger charge is -2.33. The average molecular weight is 640 g/mol. The van der Waals surface area contributed by atoms with Crippen molar-refractivity contribution in [1.29, 1.82) is 0 Å². The van der Waals surface area contributed by atoms with E-state index in [0.29, 0.717) is 0 Å². The third-order valence-corrected chi connectivity index (χ3v) is 10.4. The van der Waals surface area contributed by atoms with Crippen LogP contribution >= 0.6 is 0 Å². The van der Waals surface area contributed by atoms with Crippen LogP contribution in [0, 0.1) is 0 Å². The highest BCUT2D eigenvalue weighted by molar-refractivity contribution is 6.00. The molecule has 0 N–H and O–H groups in total. The van der Waals surface area contributed by atoms with Gasteiger partial charge < -0.3 is 4.90 Å². The fourth-order valence-electron chi connectivity index (χ4n) is 8.14. The molecule has 238 valence electrons. The van der Waals surface area contributed by atoms with Crippen LogP contribution in [0.15, 0.2) is 188 Å². The maximum absolute atomic E-state index is 2.49. The molecule has 0 fully saturated rings. The summed E-state index contributed by atoms with van der Waals surface area (Å²) in [4.78, 5) is 2.49. The molecule has 0 unspecified atom stereocenters.